The molecule has 0 bridgehead atoms. The fourth-order valence-electron chi connectivity index (χ4n) is 3.87. The maximum atomic E-state index is 6.07. The predicted molar refractivity (Wildman–Crippen MR) is 114 cm³/mol. The van der Waals surface area contributed by atoms with E-state index in [9.17, 15) is 0 Å². The van der Waals surface area contributed by atoms with E-state index in [-0.39, 0.29) is 0 Å². The number of nitrogens with one attached hydrogen (secondary N) is 2. The summed E-state index contributed by atoms with van der Waals surface area (Å²) in [5.74, 6) is 0.955. The molecule has 2 aliphatic rings. The van der Waals surface area contributed by atoms with Gasteiger partial charge in [0.05, 0.1) is 5.69 Å². The molecular weight excluding hydrogens is 358 g/mol. The van der Waals surface area contributed by atoms with Gasteiger partial charge in [-0.15, -0.1) is 0 Å². The Kier molecular flexibility index (Phi) is 5.60. The molecule has 6 heteroatoms. The van der Waals surface area contributed by atoms with E-state index in [4.69, 9.17) is 11.6 Å². The van der Waals surface area contributed by atoms with E-state index in [1.165, 1.54) is 11.1 Å². The van der Waals surface area contributed by atoms with Crippen molar-refractivity contribution in [1.29, 1.82) is 0 Å². The molecule has 1 aromatic carbocycles. The zero-order valence-electron chi connectivity index (χ0n) is 15.7. The molecule has 27 heavy (non-hydrogen) atoms. The average molecular weight is 384 g/mol. The Morgan fingerprint density at radius 3 is 2.67 bits per heavy atom. The van der Waals surface area contributed by atoms with Gasteiger partial charge >= 0.3 is 0 Å². The zero-order chi connectivity index (χ0) is 18.6. The fourth-order valence-corrected chi connectivity index (χ4v) is 3.99. The van der Waals surface area contributed by atoms with E-state index in [2.05, 4.69) is 38.4 Å². The van der Waals surface area contributed by atoms with Crippen LogP contribution in [-0.2, 0) is 0 Å². The number of H-pyrrole nitrogens is 1. The topological polar surface area (TPSA) is 56.3 Å². The van der Waals surface area contributed by atoms with Gasteiger partial charge in [0.2, 0.25) is 0 Å². The number of aliphatic imine (C=N–C) groups is 1. The highest BCUT2D eigenvalue weighted by atomic mass is 35.5. The van der Waals surface area contributed by atoms with Crippen molar-refractivity contribution in [2.24, 2.45) is 4.99 Å². The van der Waals surface area contributed by atoms with Crippen LogP contribution in [0.15, 0.2) is 35.3 Å². The van der Waals surface area contributed by atoms with Gasteiger partial charge in [0.25, 0.3) is 0 Å². The van der Waals surface area contributed by atoms with Gasteiger partial charge in [-0.2, -0.15) is 5.10 Å². The van der Waals surface area contributed by atoms with Gasteiger partial charge in [0.1, 0.15) is 0 Å². The molecule has 2 aromatic rings. The van der Waals surface area contributed by atoms with Gasteiger partial charge in [-0.25, -0.2) is 0 Å². The molecule has 142 valence electrons. The lowest BCUT2D eigenvalue weighted by atomic mass is 9.96. The third-order valence-electron chi connectivity index (χ3n) is 5.49. The van der Waals surface area contributed by atoms with Crippen molar-refractivity contribution >= 4 is 29.2 Å². The molecule has 2 N–H and O–H groups in total. The Bertz CT molecular complexity index is 829. The van der Waals surface area contributed by atoms with E-state index >= 15 is 0 Å². The van der Waals surface area contributed by atoms with Crippen molar-refractivity contribution in [3.63, 3.8) is 0 Å². The Hall–Kier alpha value is -2.11. The van der Waals surface area contributed by atoms with E-state index in [1.54, 1.807) is 0 Å². The maximum absolute atomic E-state index is 6.07. The summed E-state index contributed by atoms with van der Waals surface area (Å²) in [6.45, 7) is 6.48. The standard InChI is InChI=1S/C21H26ClN5/c1-2-27-13-9-18(10-14-27)24-21-19(15-7-11-23-12-8-15)20(25-26-21)16-3-5-17(22)6-4-16/h3-7,11,18H,2,8-10,12-14H2,1H3,(H2,24,25,26). The van der Waals surface area contributed by atoms with Crippen LogP contribution >= 0.6 is 11.6 Å². The van der Waals surface area contributed by atoms with Crippen LogP contribution < -0.4 is 5.32 Å². The summed E-state index contributed by atoms with van der Waals surface area (Å²) in [6, 6.07) is 8.39. The van der Waals surface area contributed by atoms with Crippen LogP contribution in [0.5, 0.6) is 0 Å². The molecule has 0 aliphatic carbocycles. The van der Waals surface area contributed by atoms with E-state index in [0.717, 1.165) is 67.5 Å². The molecule has 1 aromatic heterocycles. The highest BCUT2D eigenvalue weighted by molar-refractivity contribution is 6.30. The second kappa shape index (κ2) is 8.28. The van der Waals surface area contributed by atoms with Crippen molar-refractivity contribution in [1.82, 2.24) is 15.1 Å². The summed E-state index contributed by atoms with van der Waals surface area (Å²) >= 11 is 6.07. The molecule has 1 fully saturated rings. The van der Waals surface area contributed by atoms with Crippen LogP contribution in [0.4, 0.5) is 5.82 Å². The van der Waals surface area contributed by atoms with Gasteiger partial charge in [0.15, 0.2) is 5.82 Å². The Morgan fingerprint density at radius 1 is 1.22 bits per heavy atom. The number of hydrogen-bond donors (Lipinski definition) is 2. The number of halogens is 1. The minimum absolute atomic E-state index is 0.464. The molecule has 2 aliphatic heterocycles. The SMILES string of the molecule is CCN1CCC(Nc2n[nH]c(-c3ccc(Cl)cc3)c2C2=CC=NCC2)CC1. The minimum Gasteiger partial charge on any atom is -0.365 e. The van der Waals surface area contributed by atoms with Gasteiger partial charge in [-0.3, -0.25) is 10.1 Å². The number of nitrogens with zero attached hydrogens (tertiary/aromatic N) is 3. The number of anilines is 1. The average Bonchev–Trinajstić information content (AvgIpc) is 3.13. The van der Waals surface area contributed by atoms with Crippen LogP contribution in [-0.4, -0.2) is 53.5 Å². The molecular formula is C21H26ClN5. The quantitative estimate of drug-likeness (QED) is 0.800. The summed E-state index contributed by atoms with van der Waals surface area (Å²) in [7, 11) is 0. The number of benzene rings is 1. The van der Waals surface area contributed by atoms with Gasteiger partial charge in [0, 0.05) is 48.0 Å². The van der Waals surface area contributed by atoms with E-state index in [0.29, 0.717) is 6.04 Å². The lowest BCUT2D eigenvalue weighted by Gasteiger charge is -2.31. The summed E-state index contributed by atoms with van der Waals surface area (Å²) in [5, 5.41) is 12.4. The zero-order valence-corrected chi connectivity index (χ0v) is 16.5. The molecule has 0 unspecified atom stereocenters. The largest absolute Gasteiger partial charge is 0.365 e. The molecule has 0 spiro atoms. The molecule has 0 saturated carbocycles. The Morgan fingerprint density at radius 2 is 2.00 bits per heavy atom. The van der Waals surface area contributed by atoms with Crippen LogP contribution in [0.25, 0.3) is 16.8 Å². The highest BCUT2D eigenvalue weighted by Crippen LogP contribution is 2.36. The first-order chi connectivity index (χ1) is 13.2. The van der Waals surface area contributed by atoms with Crippen LogP contribution in [0.3, 0.4) is 0 Å². The number of rotatable bonds is 5. The lowest BCUT2D eigenvalue weighted by Crippen LogP contribution is -2.39. The Balaban J connectivity index is 1.64. The van der Waals surface area contributed by atoms with Crippen molar-refractivity contribution in [2.45, 2.75) is 32.2 Å². The maximum Gasteiger partial charge on any atom is 0.156 e. The van der Waals surface area contributed by atoms with Crippen molar-refractivity contribution in [3.05, 3.63) is 40.9 Å². The number of dihydropyridines is 1. The highest BCUT2D eigenvalue weighted by Gasteiger charge is 2.23. The van der Waals surface area contributed by atoms with Crippen LogP contribution in [0, 0.1) is 0 Å². The molecule has 1 saturated heterocycles. The molecule has 0 amide bonds. The summed E-state index contributed by atoms with van der Waals surface area (Å²) < 4.78 is 0. The third-order valence-corrected chi connectivity index (χ3v) is 5.74. The van der Waals surface area contributed by atoms with Crippen LogP contribution in [0.2, 0.25) is 5.02 Å². The first kappa shape index (κ1) is 18.3. The van der Waals surface area contributed by atoms with Gasteiger partial charge in [-0.1, -0.05) is 30.7 Å². The number of allylic oxidation sites excluding steroid dienone is 1. The summed E-state index contributed by atoms with van der Waals surface area (Å²) in [5.41, 5.74) is 4.58. The van der Waals surface area contributed by atoms with E-state index in [1.807, 2.05) is 30.5 Å². The third kappa shape index (κ3) is 4.09. The number of aromatic nitrogens is 2. The van der Waals surface area contributed by atoms with Crippen molar-refractivity contribution in [2.75, 3.05) is 31.5 Å². The predicted octanol–water partition coefficient (Wildman–Crippen LogP) is 4.48. The second-order valence-electron chi connectivity index (χ2n) is 7.18. The monoisotopic (exact) mass is 383 g/mol. The summed E-state index contributed by atoms with van der Waals surface area (Å²) in [4.78, 5) is 6.84. The fraction of sp³-hybridized carbons (Fsp3) is 0.429. The number of piperidine rings is 1. The molecule has 3 heterocycles. The molecule has 5 nitrogen and oxygen atoms in total. The van der Waals surface area contributed by atoms with Crippen molar-refractivity contribution in [3.8, 4) is 11.3 Å². The van der Waals surface area contributed by atoms with Gasteiger partial charge in [-0.05, 0) is 49.6 Å². The molecule has 0 radical (unpaired) electrons. The second-order valence-corrected chi connectivity index (χ2v) is 7.62. The lowest BCUT2D eigenvalue weighted by molar-refractivity contribution is 0.229. The number of likely N-dealkylation sites (tertiary alicyclic amines) is 1. The van der Waals surface area contributed by atoms with Crippen LogP contribution in [0.1, 0.15) is 31.7 Å². The van der Waals surface area contributed by atoms with E-state index < -0.39 is 0 Å². The minimum atomic E-state index is 0.464. The Labute approximate surface area is 165 Å². The van der Waals surface area contributed by atoms with Crippen molar-refractivity contribution < 1.29 is 0 Å². The number of aromatic amines is 1. The normalized spacial score (nSPS) is 18.5. The first-order valence-electron chi connectivity index (χ1n) is 9.77. The first-order valence-corrected chi connectivity index (χ1v) is 10.1. The molecule has 4 rings (SSSR count). The summed E-state index contributed by atoms with van der Waals surface area (Å²) in [6.07, 6.45) is 7.24. The number of hydrogen-bond acceptors (Lipinski definition) is 4. The van der Waals surface area contributed by atoms with Gasteiger partial charge < -0.3 is 10.2 Å². The smallest absolute Gasteiger partial charge is 0.156 e. The molecule has 0 atom stereocenters.